The SMILES string of the molecule is Cc1cc(C2(N)N=C(N)C=CN2)n[nH]1. The number of nitrogens with zero attached hydrogens (tertiary/aromatic N) is 2. The highest BCUT2D eigenvalue weighted by Gasteiger charge is 2.29. The van der Waals surface area contributed by atoms with E-state index in [1.54, 1.807) is 12.3 Å². The molecule has 0 radical (unpaired) electrons. The Hall–Kier alpha value is -1.82. The maximum Gasteiger partial charge on any atom is 0.230 e. The molecule has 1 aromatic heterocycles. The molecule has 0 amide bonds. The van der Waals surface area contributed by atoms with Crippen LogP contribution >= 0.6 is 0 Å². The van der Waals surface area contributed by atoms with Crippen molar-refractivity contribution in [1.29, 1.82) is 0 Å². The van der Waals surface area contributed by atoms with Crippen molar-refractivity contribution in [3.63, 3.8) is 0 Å². The third-order valence-corrected chi connectivity index (χ3v) is 1.96. The molecular formula is C8H12N6. The van der Waals surface area contributed by atoms with Gasteiger partial charge in [0.2, 0.25) is 5.79 Å². The van der Waals surface area contributed by atoms with E-state index in [1.807, 2.05) is 13.0 Å². The zero-order valence-corrected chi connectivity index (χ0v) is 7.78. The minimum absolute atomic E-state index is 0.381. The molecule has 0 bridgehead atoms. The summed E-state index contributed by atoms with van der Waals surface area (Å²) in [6.07, 6.45) is 3.30. The number of aromatic nitrogens is 2. The maximum absolute atomic E-state index is 5.97. The Labute approximate surface area is 81.1 Å². The molecule has 0 aliphatic carbocycles. The van der Waals surface area contributed by atoms with Crippen molar-refractivity contribution in [3.05, 3.63) is 29.7 Å². The first kappa shape index (κ1) is 8.76. The lowest BCUT2D eigenvalue weighted by Gasteiger charge is -2.26. The standard InChI is InChI=1S/C8H12N6/c1-5-4-6(14-13-5)8(10)11-3-2-7(9)12-8/h2-4,11H,10H2,1H3,(H2,9,12)(H,13,14). The van der Waals surface area contributed by atoms with Crippen LogP contribution < -0.4 is 16.8 Å². The molecule has 1 aromatic rings. The minimum Gasteiger partial charge on any atom is -0.384 e. The number of hydrogen-bond donors (Lipinski definition) is 4. The van der Waals surface area contributed by atoms with Crippen molar-refractivity contribution in [2.45, 2.75) is 12.7 Å². The number of rotatable bonds is 1. The van der Waals surface area contributed by atoms with E-state index >= 15 is 0 Å². The number of aliphatic imine (C=N–C) groups is 1. The van der Waals surface area contributed by atoms with E-state index in [9.17, 15) is 0 Å². The number of nitrogens with two attached hydrogens (primary N) is 2. The van der Waals surface area contributed by atoms with E-state index in [0.29, 0.717) is 11.5 Å². The monoisotopic (exact) mass is 192 g/mol. The van der Waals surface area contributed by atoms with E-state index in [1.165, 1.54) is 0 Å². The van der Waals surface area contributed by atoms with E-state index in [4.69, 9.17) is 11.5 Å². The molecule has 1 aliphatic rings. The lowest BCUT2D eigenvalue weighted by molar-refractivity contribution is 0.397. The molecule has 0 spiro atoms. The average Bonchev–Trinajstić information content (AvgIpc) is 2.52. The summed E-state index contributed by atoms with van der Waals surface area (Å²) in [5.74, 6) is -0.671. The molecule has 0 saturated carbocycles. The molecule has 6 N–H and O–H groups in total. The predicted octanol–water partition coefficient (Wildman–Crippen LogP) is -0.739. The number of aromatic amines is 1. The van der Waals surface area contributed by atoms with Gasteiger partial charge in [-0.3, -0.25) is 10.8 Å². The topological polar surface area (TPSA) is 105 Å². The summed E-state index contributed by atoms with van der Waals surface area (Å²) in [4.78, 5) is 4.09. The van der Waals surface area contributed by atoms with Gasteiger partial charge in [-0.15, -0.1) is 0 Å². The maximum atomic E-state index is 5.97. The van der Waals surface area contributed by atoms with Crippen LogP contribution in [0.4, 0.5) is 0 Å². The Morgan fingerprint density at radius 1 is 1.50 bits per heavy atom. The molecule has 74 valence electrons. The number of aryl methyl sites for hydroxylation is 1. The summed E-state index contributed by atoms with van der Waals surface area (Å²) in [7, 11) is 0. The summed E-state index contributed by atoms with van der Waals surface area (Å²) >= 11 is 0. The van der Waals surface area contributed by atoms with Crippen LogP contribution in [0.25, 0.3) is 0 Å². The van der Waals surface area contributed by atoms with Gasteiger partial charge in [-0.2, -0.15) is 5.10 Å². The largest absolute Gasteiger partial charge is 0.384 e. The van der Waals surface area contributed by atoms with Crippen molar-refractivity contribution in [2.24, 2.45) is 16.5 Å². The first-order chi connectivity index (χ1) is 6.60. The fourth-order valence-corrected chi connectivity index (χ4v) is 1.27. The van der Waals surface area contributed by atoms with Crippen LogP contribution in [0.1, 0.15) is 11.4 Å². The van der Waals surface area contributed by atoms with Gasteiger partial charge >= 0.3 is 0 Å². The Morgan fingerprint density at radius 2 is 2.29 bits per heavy atom. The van der Waals surface area contributed by atoms with Crippen molar-refractivity contribution in [3.8, 4) is 0 Å². The van der Waals surface area contributed by atoms with Gasteiger partial charge < -0.3 is 11.1 Å². The molecule has 2 rings (SSSR count). The quantitative estimate of drug-likeness (QED) is 0.470. The van der Waals surface area contributed by atoms with E-state index in [-0.39, 0.29) is 0 Å². The van der Waals surface area contributed by atoms with E-state index < -0.39 is 5.79 Å². The number of nitrogens with one attached hydrogen (secondary N) is 2. The van der Waals surface area contributed by atoms with Crippen molar-refractivity contribution in [1.82, 2.24) is 15.5 Å². The fourth-order valence-electron chi connectivity index (χ4n) is 1.27. The van der Waals surface area contributed by atoms with E-state index in [0.717, 1.165) is 5.69 Å². The second-order valence-electron chi connectivity index (χ2n) is 3.22. The summed E-state index contributed by atoms with van der Waals surface area (Å²) in [6, 6.07) is 1.82. The first-order valence-electron chi connectivity index (χ1n) is 4.21. The second-order valence-corrected chi connectivity index (χ2v) is 3.22. The molecule has 2 heterocycles. The molecule has 0 saturated heterocycles. The molecule has 6 nitrogen and oxygen atoms in total. The van der Waals surface area contributed by atoms with Crippen LogP contribution in [-0.4, -0.2) is 16.0 Å². The third-order valence-electron chi connectivity index (χ3n) is 1.96. The van der Waals surface area contributed by atoms with Gasteiger partial charge in [-0.1, -0.05) is 0 Å². The first-order valence-corrected chi connectivity index (χ1v) is 4.21. The molecular weight excluding hydrogens is 180 g/mol. The Bertz CT molecular complexity index is 404. The Morgan fingerprint density at radius 3 is 2.86 bits per heavy atom. The summed E-state index contributed by atoms with van der Waals surface area (Å²) in [5.41, 5.74) is 13.1. The Kier molecular flexibility index (Phi) is 1.78. The zero-order valence-electron chi connectivity index (χ0n) is 7.78. The molecule has 1 aliphatic heterocycles. The lowest BCUT2D eigenvalue weighted by atomic mass is 10.2. The van der Waals surface area contributed by atoms with Crippen LogP contribution in [0.3, 0.4) is 0 Å². The smallest absolute Gasteiger partial charge is 0.230 e. The summed E-state index contributed by atoms with van der Waals surface area (Å²) in [6.45, 7) is 1.89. The van der Waals surface area contributed by atoms with Crippen molar-refractivity contribution >= 4 is 5.84 Å². The normalized spacial score (nSPS) is 25.7. The number of H-pyrrole nitrogens is 1. The molecule has 6 heteroatoms. The molecule has 0 fully saturated rings. The van der Waals surface area contributed by atoms with Crippen LogP contribution in [0, 0.1) is 6.92 Å². The third kappa shape index (κ3) is 1.35. The van der Waals surface area contributed by atoms with Gasteiger partial charge in [-0.25, -0.2) is 4.99 Å². The summed E-state index contributed by atoms with van der Waals surface area (Å²) < 4.78 is 0. The number of hydrogen-bond acceptors (Lipinski definition) is 5. The summed E-state index contributed by atoms with van der Waals surface area (Å²) in [5, 5.41) is 9.74. The highest BCUT2D eigenvalue weighted by molar-refractivity contribution is 5.92. The highest BCUT2D eigenvalue weighted by Crippen LogP contribution is 2.17. The van der Waals surface area contributed by atoms with Crippen LogP contribution in [-0.2, 0) is 5.79 Å². The van der Waals surface area contributed by atoms with Gasteiger partial charge in [0.15, 0.2) is 0 Å². The van der Waals surface area contributed by atoms with Gasteiger partial charge in [0.25, 0.3) is 0 Å². The lowest BCUT2D eigenvalue weighted by Crippen LogP contribution is -2.49. The number of amidine groups is 1. The average molecular weight is 192 g/mol. The molecule has 1 atom stereocenters. The van der Waals surface area contributed by atoms with Gasteiger partial charge in [0.1, 0.15) is 11.5 Å². The molecule has 1 unspecified atom stereocenters. The van der Waals surface area contributed by atoms with Gasteiger partial charge in [0, 0.05) is 11.9 Å². The highest BCUT2D eigenvalue weighted by atomic mass is 15.3. The van der Waals surface area contributed by atoms with Crippen LogP contribution in [0.15, 0.2) is 23.3 Å². The van der Waals surface area contributed by atoms with Crippen molar-refractivity contribution < 1.29 is 0 Å². The minimum atomic E-state index is -1.05. The van der Waals surface area contributed by atoms with Crippen LogP contribution in [0.5, 0.6) is 0 Å². The second kappa shape index (κ2) is 2.85. The van der Waals surface area contributed by atoms with Gasteiger partial charge in [0.05, 0.1) is 0 Å². The van der Waals surface area contributed by atoms with Crippen molar-refractivity contribution in [2.75, 3.05) is 0 Å². The van der Waals surface area contributed by atoms with Gasteiger partial charge in [-0.05, 0) is 19.1 Å². The fraction of sp³-hybridized carbons (Fsp3) is 0.250. The van der Waals surface area contributed by atoms with E-state index in [2.05, 4.69) is 20.5 Å². The molecule has 14 heavy (non-hydrogen) atoms. The zero-order chi connectivity index (χ0) is 10.2. The Balaban J connectivity index is 2.38. The van der Waals surface area contributed by atoms with Crippen LogP contribution in [0.2, 0.25) is 0 Å². The predicted molar refractivity (Wildman–Crippen MR) is 53.1 cm³/mol. The molecule has 0 aromatic carbocycles.